The van der Waals surface area contributed by atoms with Crippen molar-refractivity contribution in [3.05, 3.63) is 28.2 Å². The van der Waals surface area contributed by atoms with Gasteiger partial charge in [0, 0.05) is 42.9 Å². The Morgan fingerprint density at radius 3 is 2.81 bits per heavy atom. The zero-order chi connectivity index (χ0) is 15.4. The summed E-state index contributed by atoms with van der Waals surface area (Å²) in [5.41, 5.74) is 2.39. The topological polar surface area (TPSA) is 35.6 Å². The third-order valence-corrected chi connectivity index (χ3v) is 4.25. The fraction of sp³-hybridized carbons (Fsp3) is 0.562. The molecule has 0 spiro atoms. The first-order valence-corrected chi connectivity index (χ1v) is 8.27. The summed E-state index contributed by atoms with van der Waals surface area (Å²) < 4.78 is 1.07. The monoisotopic (exact) mass is 353 g/mol. The number of anilines is 1. The van der Waals surface area contributed by atoms with E-state index in [2.05, 4.69) is 52.1 Å². The molecule has 5 heteroatoms. The number of halogens is 1. The fourth-order valence-electron chi connectivity index (χ4n) is 2.51. The number of carbonyl (C=O) groups is 1. The molecule has 0 atom stereocenters. The van der Waals surface area contributed by atoms with Crippen LogP contribution in [0.15, 0.2) is 22.7 Å². The van der Waals surface area contributed by atoms with E-state index in [0.29, 0.717) is 12.6 Å². The van der Waals surface area contributed by atoms with Crippen LogP contribution in [-0.2, 0) is 11.3 Å². The normalized spacial score (nSPS) is 16.5. The lowest BCUT2D eigenvalue weighted by atomic mass is 10.1. The maximum absolute atomic E-state index is 12.1. The Balaban J connectivity index is 2.22. The lowest BCUT2D eigenvalue weighted by Gasteiger charge is -2.25. The number of likely N-dealkylation sites (N-methyl/N-ethyl adjacent to an activating group) is 1. The Morgan fingerprint density at radius 1 is 1.33 bits per heavy atom. The lowest BCUT2D eigenvalue weighted by Crippen LogP contribution is -2.35. The Morgan fingerprint density at radius 2 is 2.10 bits per heavy atom. The minimum atomic E-state index is 0.193. The molecule has 0 aliphatic carbocycles. The smallest absolute Gasteiger partial charge is 0.241 e. The molecule has 1 N–H and O–H groups in total. The largest absolute Gasteiger partial charge is 0.362 e. The highest BCUT2D eigenvalue weighted by molar-refractivity contribution is 9.10. The van der Waals surface area contributed by atoms with E-state index < -0.39 is 0 Å². The molecule has 1 fully saturated rings. The van der Waals surface area contributed by atoms with Gasteiger partial charge in [-0.05, 0) is 30.2 Å². The Labute approximate surface area is 135 Å². The summed E-state index contributed by atoms with van der Waals surface area (Å²) in [6.07, 6.45) is 1.01. The number of rotatable bonds is 4. The minimum absolute atomic E-state index is 0.193. The van der Waals surface area contributed by atoms with Crippen LogP contribution in [0.4, 0.5) is 5.69 Å². The van der Waals surface area contributed by atoms with Gasteiger partial charge in [-0.25, -0.2) is 0 Å². The molecule has 1 aliphatic rings. The van der Waals surface area contributed by atoms with Crippen molar-refractivity contribution >= 4 is 27.5 Å². The highest BCUT2D eigenvalue weighted by atomic mass is 79.9. The summed E-state index contributed by atoms with van der Waals surface area (Å²) >= 11 is 3.54. The molecule has 21 heavy (non-hydrogen) atoms. The summed E-state index contributed by atoms with van der Waals surface area (Å²) in [7, 11) is 1.88. The predicted molar refractivity (Wildman–Crippen MR) is 90.6 cm³/mol. The molecule has 1 aliphatic heterocycles. The van der Waals surface area contributed by atoms with Crippen LogP contribution in [0.5, 0.6) is 0 Å². The molecule has 116 valence electrons. The van der Waals surface area contributed by atoms with Crippen molar-refractivity contribution in [3.8, 4) is 0 Å². The van der Waals surface area contributed by atoms with Gasteiger partial charge in [0.2, 0.25) is 5.91 Å². The van der Waals surface area contributed by atoms with E-state index in [1.54, 1.807) is 0 Å². The molecule has 0 unspecified atom stereocenters. The van der Waals surface area contributed by atoms with Crippen LogP contribution in [-0.4, -0.2) is 43.5 Å². The van der Waals surface area contributed by atoms with E-state index in [1.807, 2.05) is 18.0 Å². The van der Waals surface area contributed by atoms with E-state index in [0.717, 1.165) is 36.2 Å². The van der Waals surface area contributed by atoms with Gasteiger partial charge in [-0.3, -0.25) is 4.79 Å². The maximum Gasteiger partial charge on any atom is 0.241 e. The zero-order valence-corrected chi connectivity index (χ0v) is 14.6. The van der Waals surface area contributed by atoms with Gasteiger partial charge >= 0.3 is 0 Å². The number of nitrogens with one attached hydrogen (secondary N) is 1. The van der Waals surface area contributed by atoms with Crippen molar-refractivity contribution in [2.75, 3.05) is 31.6 Å². The van der Waals surface area contributed by atoms with E-state index >= 15 is 0 Å². The number of hydrogen-bond donors (Lipinski definition) is 1. The van der Waals surface area contributed by atoms with Crippen LogP contribution in [0.3, 0.4) is 0 Å². The van der Waals surface area contributed by atoms with Crippen molar-refractivity contribution in [3.63, 3.8) is 0 Å². The summed E-state index contributed by atoms with van der Waals surface area (Å²) in [4.78, 5) is 16.1. The molecule has 0 aromatic heterocycles. The second-order valence-corrected chi connectivity index (χ2v) is 6.81. The number of benzene rings is 1. The quantitative estimate of drug-likeness (QED) is 0.903. The standard InChI is InChI=1S/C16H24BrN3O/c1-12(2)18-10-13-9-14(17)5-6-15(13)20-8-4-7-19(3)16(21)11-20/h5-6,9,12,18H,4,7-8,10-11H2,1-3H3. The molecule has 1 amide bonds. The molecule has 0 radical (unpaired) electrons. The first-order chi connectivity index (χ1) is 9.97. The van der Waals surface area contributed by atoms with Crippen LogP contribution in [0.25, 0.3) is 0 Å². The Hall–Kier alpha value is -1.07. The van der Waals surface area contributed by atoms with Gasteiger partial charge in [0.1, 0.15) is 0 Å². The van der Waals surface area contributed by atoms with Gasteiger partial charge in [-0.1, -0.05) is 29.8 Å². The molecular formula is C16H24BrN3O. The van der Waals surface area contributed by atoms with Gasteiger partial charge < -0.3 is 15.1 Å². The second kappa shape index (κ2) is 7.27. The summed E-state index contributed by atoms with van der Waals surface area (Å²) in [6.45, 7) is 7.32. The minimum Gasteiger partial charge on any atom is -0.362 e. The third-order valence-electron chi connectivity index (χ3n) is 3.76. The van der Waals surface area contributed by atoms with Crippen molar-refractivity contribution in [2.45, 2.75) is 32.9 Å². The fourth-order valence-corrected chi connectivity index (χ4v) is 2.92. The molecule has 4 nitrogen and oxygen atoms in total. The van der Waals surface area contributed by atoms with Gasteiger partial charge in [-0.15, -0.1) is 0 Å². The van der Waals surface area contributed by atoms with Gasteiger partial charge in [0.05, 0.1) is 6.54 Å². The van der Waals surface area contributed by atoms with Gasteiger partial charge in [-0.2, -0.15) is 0 Å². The van der Waals surface area contributed by atoms with Crippen LogP contribution < -0.4 is 10.2 Å². The summed E-state index contributed by atoms with van der Waals surface area (Å²) in [5, 5.41) is 3.46. The van der Waals surface area contributed by atoms with Crippen LogP contribution in [0.2, 0.25) is 0 Å². The van der Waals surface area contributed by atoms with Crippen LogP contribution >= 0.6 is 15.9 Å². The Kier molecular flexibility index (Phi) is 5.65. The van der Waals surface area contributed by atoms with E-state index in [9.17, 15) is 4.79 Å². The first kappa shape index (κ1) is 16.3. The highest BCUT2D eigenvalue weighted by Gasteiger charge is 2.21. The molecular weight excluding hydrogens is 330 g/mol. The molecule has 0 saturated carbocycles. The maximum atomic E-state index is 12.1. The van der Waals surface area contributed by atoms with Crippen LogP contribution in [0.1, 0.15) is 25.8 Å². The Bertz CT molecular complexity index is 504. The second-order valence-electron chi connectivity index (χ2n) is 5.90. The molecule has 1 aromatic rings. The molecule has 0 bridgehead atoms. The molecule has 1 aromatic carbocycles. The number of hydrogen-bond acceptors (Lipinski definition) is 3. The van der Waals surface area contributed by atoms with E-state index in [-0.39, 0.29) is 5.91 Å². The number of carbonyl (C=O) groups excluding carboxylic acids is 1. The van der Waals surface area contributed by atoms with Crippen molar-refractivity contribution in [1.82, 2.24) is 10.2 Å². The first-order valence-electron chi connectivity index (χ1n) is 7.48. The van der Waals surface area contributed by atoms with Crippen molar-refractivity contribution in [2.24, 2.45) is 0 Å². The molecule has 1 heterocycles. The van der Waals surface area contributed by atoms with E-state index in [4.69, 9.17) is 0 Å². The highest BCUT2D eigenvalue weighted by Crippen LogP contribution is 2.26. The van der Waals surface area contributed by atoms with Crippen molar-refractivity contribution < 1.29 is 4.79 Å². The lowest BCUT2D eigenvalue weighted by molar-refractivity contribution is -0.127. The predicted octanol–water partition coefficient (Wildman–Crippen LogP) is 2.62. The SMILES string of the molecule is CC(C)NCc1cc(Br)ccc1N1CCCN(C)C(=O)C1. The number of amides is 1. The molecule has 1 saturated heterocycles. The van der Waals surface area contributed by atoms with E-state index in [1.165, 1.54) is 5.56 Å². The van der Waals surface area contributed by atoms with Gasteiger partial charge in [0.15, 0.2) is 0 Å². The number of nitrogens with zero attached hydrogens (tertiary/aromatic N) is 2. The zero-order valence-electron chi connectivity index (χ0n) is 13.0. The average molecular weight is 354 g/mol. The summed E-state index contributed by atoms with van der Waals surface area (Å²) in [5.74, 6) is 0.193. The average Bonchev–Trinajstić information content (AvgIpc) is 2.59. The third kappa shape index (κ3) is 4.45. The molecule has 2 rings (SSSR count). The van der Waals surface area contributed by atoms with Gasteiger partial charge in [0.25, 0.3) is 0 Å². The summed E-state index contributed by atoms with van der Waals surface area (Å²) in [6, 6.07) is 6.74. The van der Waals surface area contributed by atoms with Crippen LogP contribution in [0, 0.1) is 0 Å². The van der Waals surface area contributed by atoms with Crippen molar-refractivity contribution in [1.29, 1.82) is 0 Å².